The Morgan fingerprint density at radius 2 is 1.68 bits per heavy atom. The van der Waals surface area contributed by atoms with Gasteiger partial charge >= 0.3 is 12.2 Å². The van der Waals surface area contributed by atoms with E-state index in [0.29, 0.717) is 0 Å². The molecular formula is C14H13ClF3N3O3S. The summed E-state index contributed by atoms with van der Waals surface area (Å²) in [5.41, 5.74) is -0.266. The average Bonchev–Trinajstić information content (AvgIpc) is 2.55. The van der Waals surface area contributed by atoms with E-state index in [1.807, 2.05) is 0 Å². The van der Waals surface area contributed by atoms with Crippen LogP contribution in [0.4, 0.5) is 13.2 Å². The Morgan fingerprint density at radius 1 is 1.16 bits per heavy atom. The lowest BCUT2D eigenvalue weighted by Crippen LogP contribution is -2.39. The van der Waals surface area contributed by atoms with Crippen LogP contribution >= 0.6 is 11.6 Å². The van der Waals surface area contributed by atoms with Crippen molar-refractivity contribution in [1.82, 2.24) is 14.3 Å². The molecule has 0 aliphatic rings. The maximum Gasteiger partial charge on any atom is 0.409 e. The van der Waals surface area contributed by atoms with Gasteiger partial charge in [0.25, 0.3) is 0 Å². The summed E-state index contributed by atoms with van der Waals surface area (Å²) in [5.74, 6) is 0. The molecule has 136 valence electrons. The summed E-state index contributed by atoms with van der Waals surface area (Å²) in [6.45, 7) is 0. The lowest BCUT2D eigenvalue weighted by atomic mass is 10.1. The SMILES string of the molecule is COc1ncc(S(=O)(=O)N(C)[C@H](c2ccc(Cl)cc2)C(F)(F)F)cn1. The fourth-order valence-corrected chi connectivity index (χ4v) is 3.45. The Balaban J connectivity index is 2.47. The molecular weight excluding hydrogens is 383 g/mol. The second-order valence-corrected chi connectivity index (χ2v) is 7.36. The van der Waals surface area contributed by atoms with E-state index in [0.717, 1.165) is 31.6 Å². The fourth-order valence-electron chi connectivity index (χ4n) is 2.10. The van der Waals surface area contributed by atoms with Gasteiger partial charge in [0.2, 0.25) is 10.0 Å². The minimum absolute atomic E-state index is 0.105. The first-order valence-electron chi connectivity index (χ1n) is 6.73. The fraction of sp³-hybridized carbons (Fsp3) is 0.286. The molecule has 1 heterocycles. The smallest absolute Gasteiger partial charge is 0.409 e. The molecule has 2 rings (SSSR count). The Labute approximate surface area is 147 Å². The monoisotopic (exact) mass is 395 g/mol. The van der Waals surface area contributed by atoms with E-state index >= 15 is 0 Å². The summed E-state index contributed by atoms with van der Waals surface area (Å²) in [6.07, 6.45) is -3.08. The zero-order valence-corrected chi connectivity index (χ0v) is 14.6. The van der Waals surface area contributed by atoms with Gasteiger partial charge < -0.3 is 4.74 Å². The van der Waals surface area contributed by atoms with E-state index in [9.17, 15) is 21.6 Å². The summed E-state index contributed by atoms with van der Waals surface area (Å²) in [5, 5.41) is 0.235. The van der Waals surface area contributed by atoms with Gasteiger partial charge in [0.15, 0.2) is 0 Å². The molecule has 0 spiro atoms. The molecule has 0 unspecified atom stereocenters. The van der Waals surface area contributed by atoms with Crippen molar-refractivity contribution in [1.29, 1.82) is 0 Å². The van der Waals surface area contributed by atoms with E-state index in [1.165, 1.54) is 19.2 Å². The highest BCUT2D eigenvalue weighted by molar-refractivity contribution is 7.89. The molecule has 0 aliphatic carbocycles. The Kier molecular flexibility index (Phi) is 5.55. The van der Waals surface area contributed by atoms with Crippen LogP contribution in [0.25, 0.3) is 0 Å². The summed E-state index contributed by atoms with van der Waals surface area (Å²) in [6, 6.07) is 2.26. The van der Waals surface area contributed by atoms with E-state index < -0.39 is 27.1 Å². The first kappa shape index (κ1) is 19.4. The van der Waals surface area contributed by atoms with Gasteiger partial charge in [0.05, 0.1) is 19.5 Å². The molecule has 0 fully saturated rings. The zero-order chi connectivity index (χ0) is 18.8. The first-order chi connectivity index (χ1) is 11.6. The molecule has 1 aromatic carbocycles. The molecule has 0 bridgehead atoms. The molecule has 0 radical (unpaired) electrons. The molecule has 11 heteroatoms. The van der Waals surface area contributed by atoms with Gasteiger partial charge in [-0.3, -0.25) is 0 Å². The third kappa shape index (κ3) is 4.20. The molecule has 25 heavy (non-hydrogen) atoms. The number of halogens is 4. The van der Waals surface area contributed by atoms with Gasteiger partial charge in [0, 0.05) is 12.1 Å². The van der Waals surface area contributed by atoms with Crippen LogP contribution in [0.2, 0.25) is 5.02 Å². The summed E-state index contributed by atoms with van der Waals surface area (Å²) in [4.78, 5) is 6.74. The number of rotatable bonds is 5. The number of alkyl halides is 3. The van der Waals surface area contributed by atoms with Gasteiger partial charge in [-0.15, -0.1) is 0 Å². The van der Waals surface area contributed by atoms with Gasteiger partial charge in [0.1, 0.15) is 10.9 Å². The van der Waals surface area contributed by atoms with Crippen molar-refractivity contribution < 1.29 is 26.3 Å². The number of hydrogen-bond acceptors (Lipinski definition) is 5. The highest BCUT2D eigenvalue weighted by Crippen LogP contribution is 2.39. The van der Waals surface area contributed by atoms with Crippen molar-refractivity contribution in [3.8, 4) is 6.01 Å². The van der Waals surface area contributed by atoms with E-state index in [-0.39, 0.29) is 20.9 Å². The van der Waals surface area contributed by atoms with E-state index in [1.54, 1.807) is 0 Å². The van der Waals surface area contributed by atoms with Crippen LogP contribution in [0.15, 0.2) is 41.6 Å². The van der Waals surface area contributed by atoms with Crippen LogP contribution in [0, 0.1) is 0 Å². The number of sulfonamides is 1. The van der Waals surface area contributed by atoms with Crippen molar-refractivity contribution >= 4 is 21.6 Å². The predicted octanol–water partition coefficient (Wildman–Crippen LogP) is 3.06. The topological polar surface area (TPSA) is 72.4 Å². The van der Waals surface area contributed by atoms with Crippen LogP contribution in [0.3, 0.4) is 0 Å². The maximum atomic E-state index is 13.5. The lowest BCUT2D eigenvalue weighted by molar-refractivity contribution is -0.171. The number of hydrogen-bond donors (Lipinski definition) is 0. The van der Waals surface area contributed by atoms with Crippen LogP contribution in [-0.4, -0.2) is 43.0 Å². The minimum Gasteiger partial charge on any atom is -0.467 e. The number of nitrogens with zero attached hydrogens (tertiary/aromatic N) is 3. The predicted molar refractivity (Wildman–Crippen MR) is 83.8 cm³/mol. The van der Waals surface area contributed by atoms with Crippen molar-refractivity contribution in [2.45, 2.75) is 17.1 Å². The summed E-state index contributed by atoms with van der Waals surface area (Å²) >= 11 is 5.68. The van der Waals surface area contributed by atoms with Crippen molar-refractivity contribution in [2.24, 2.45) is 0 Å². The molecule has 6 nitrogen and oxygen atoms in total. The van der Waals surface area contributed by atoms with Crippen molar-refractivity contribution in [2.75, 3.05) is 14.2 Å². The molecule has 0 saturated carbocycles. The molecule has 0 aliphatic heterocycles. The number of benzene rings is 1. The van der Waals surface area contributed by atoms with Gasteiger partial charge in [-0.25, -0.2) is 18.4 Å². The van der Waals surface area contributed by atoms with Crippen LogP contribution in [-0.2, 0) is 10.0 Å². The number of methoxy groups -OCH3 is 1. The number of aromatic nitrogens is 2. The van der Waals surface area contributed by atoms with Gasteiger partial charge in [-0.05, 0) is 17.7 Å². The minimum atomic E-state index is -4.84. The summed E-state index contributed by atoms with van der Waals surface area (Å²) in [7, 11) is -2.39. The first-order valence-corrected chi connectivity index (χ1v) is 8.55. The second-order valence-electron chi connectivity index (χ2n) is 4.92. The normalized spacial score (nSPS) is 13.7. The van der Waals surface area contributed by atoms with E-state index in [4.69, 9.17) is 16.3 Å². The average molecular weight is 396 g/mol. The highest BCUT2D eigenvalue weighted by Gasteiger charge is 2.47. The van der Waals surface area contributed by atoms with Crippen LogP contribution in [0.1, 0.15) is 11.6 Å². The molecule has 0 saturated heterocycles. The molecule has 1 atom stereocenters. The Hall–Kier alpha value is -1.91. The van der Waals surface area contributed by atoms with E-state index in [2.05, 4.69) is 9.97 Å². The Bertz CT molecular complexity index is 827. The number of ether oxygens (including phenoxy) is 1. The Morgan fingerprint density at radius 3 is 2.12 bits per heavy atom. The summed E-state index contributed by atoms with van der Waals surface area (Å²) < 4.78 is 70.6. The lowest BCUT2D eigenvalue weighted by Gasteiger charge is -2.29. The molecule has 2 aromatic rings. The molecule has 1 aromatic heterocycles. The van der Waals surface area contributed by atoms with Crippen molar-refractivity contribution in [3.63, 3.8) is 0 Å². The largest absolute Gasteiger partial charge is 0.467 e. The molecule has 0 N–H and O–H groups in total. The molecule has 0 amide bonds. The highest BCUT2D eigenvalue weighted by atomic mass is 35.5. The maximum absolute atomic E-state index is 13.5. The quantitative estimate of drug-likeness (QED) is 0.778. The van der Waals surface area contributed by atoms with Gasteiger partial charge in [-0.2, -0.15) is 17.5 Å². The second kappa shape index (κ2) is 7.14. The van der Waals surface area contributed by atoms with Crippen LogP contribution in [0.5, 0.6) is 6.01 Å². The van der Waals surface area contributed by atoms with Crippen molar-refractivity contribution in [3.05, 3.63) is 47.2 Å². The third-order valence-electron chi connectivity index (χ3n) is 3.32. The van der Waals surface area contributed by atoms with Gasteiger partial charge in [-0.1, -0.05) is 23.7 Å². The third-order valence-corrected chi connectivity index (χ3v) is 5.35. The standard InChI is InChI=1S/C14H13ClF3N3O3S/c1-21(25(22,23)11-7-19-13(24-2)20-8-11)12(14(16,17)18)9-3-5-10(15)6-4-9/h3-8,12H,1-2H3/t12-/m1/s1. The van der Waals surface area contributed by atoms with Crippen LogP contribution < -0.4 is 4.74 Å². The zero-order valence-electron chi connectivity index (χ0n) is 13.0.